The molecule has 0 spiro atoms. The second-order valence-electron chi connectivity index (χ2n) is 6.16. The maximum Gasteiger partial charge on any atom is 0.198 e. The van der Waals surface area contributed by atoms with Crippen molar-refractivity contribution in [2.75, 3.05) is 0 Å². The predicted octanol–water partition coefficient (Wildman–Crippen LogP) is 4.73. The molecule has 0 aliphatic carbocycles. The van der Waals surface area contributed by atoms with Gasteiger partial charge in [0.05, 0.1) is 5.56 Å². The Morgan fingerprint density at radius 3 is 2.38 bits per heavy atom. The Balaban J connectivity index is 1.48. The van der Waals surface area contributed by atoms with Gasteiger partial charge in [0.25, 0.3) is 0 Å². The van der Waals surface area contributed by atoms with Crippen molar-refractivity contribution in [1.29, 1.82) is 0 Å². The molecule has 2 atom stereocenters. The van der Waals surface area contributed by atoms with Crippen LogP contribution >= 0.6 is 0 Å². The first kappa shape index (κ1) is 16.5. The Kier molecular flexibility index (Phi) is 4.50. The molecular weight excluding hydrogens is 331 g/mol. The Hall–Kier alpha value is -2.98. The first-order valence-corrected chi connectivity index (χ1v) is 8.43. The van der Waals surface area contributed by atoms with Gasteiger partial charge in [-0.1, -0.05) is 54.6 Å². The lowest BCUT2D eigenvalue weighted by Crippen LogP contribution is -2.10. The van der Waals surface area contributed by atoms with Gasteiger partial charge in [0.2, 0.25) is 0 Å². The van der Waals surface area contributed by atoms with Gasteiger partial charge in [-0.2, -0.15) is 0 Å². The van der Waals surface area contributed by atoms with Crippen LogP contribution in [0.25, 0.3) is 0 Å². The van der Waals surface area contributed by atoms with Gasteiger partial charge in [-0.3, -0.25) is 4.79 Å². The van der Waals surface area contributed by atoms with E-state index >= 15 is 0 Å². The van der Waals surface area contributed by atoms with Gasteiger partial charge < -0.3 is 9.47 Å². The van der Waals surface area contributed by atoms with E-state index in [0.29, 0.717) is 17.9 Å². The van der Waals surface area contributed by atoms with Crippen LogP contribution in [0.5, 0.6) is 5.75 Å². The summed E-state index contributed by atoms with van der Waals surface area (Å²) in [5, 5.41) is 0. The molecule has 1 aliphatic rings. The Labute approximate surface area is 151 Å². The van der Waals surface area contributed by atoms with E-state index in [1.807, 2.05) is 36.4 Å². The number of ether oxygens (including phenoxy) is 2. The standard InChI is InChI=1S/C22H17FO3/c23-17-12-10-16(11-13-17)21-22(26-21)20(24)18-8-4-5-9-19(18)25-14-15-6-2-1-3-7-15/h1-13,21-22H,14H2/t21-,22-/m1/s1. The van der Waals surface area contributed by atoms with E-state index in [2.05, 4.69) is 0 Å². The fraction of sp³-hybridized carbons (Fsp3) is 0.136. The largest absolute Gasteiger partial charge is 0.488 e. The molecule has 1 heterocycles. The van der Waals surface area contributed by atoms with Crippen molar-refractivity contribution < 1.29 is 18.7 Å². The maximum atomic E-state index is 13.0. The summed E-state index contributed by atoms with van der Waals surface area (Å²) >= 11 is 0. The highest BCUT2D eigenvalue weighted by molar-refractivity contribution is 6.03. The molecule has 26 heavy (non-hydrogen) atoms. The van der Waals surface area contributed by atoms with Gasteiger partial charge in [0, 0.05) is 0 Å². The van der Waals surface area contributed by atoms with E-state index in [0.717, 1.165) is 11.1 Å². The van der Waals surface area contributed by atoms with Crippen molar-refractivity contribution in [3.63, 3.8) is 0 Å². The molecule has 1 saturated heterocycles. The summed E-state index contributed by atoms with van der Waals surface area (Å²) in [5.41, 5.74) is 2.33. The number of carbonyl (C=O) groups excluding carboxylic acids is 1. The number of para-hydroxylation sites is 1. The summed E-state index contributed by atoms with van der Waals surface area (Å²) in [6, 6.07) is 23.0. The molecule has 0 radical (unpaired) electrons. The molecule has 3 aromatic rings. The highest BCUT2D eigenvalue weighted by Gasteiger charge is 2.46. The summed E-state index contributed by atoms with van der Waals surface area (Å²) in [5.74, 6) is 0.106. The van der Waals surface area contributed by atoms with Crippen molar-refractivity contribution in [2.45, 2.75) is 18.8 Å². The van der Waals surface area contributed by atoms with Crippen molar-refractivity contribution in [2.24, 2.45) is 0 Å². The van der Waals surface area contributed by atoms with Gasteiger partial charge >= 0.3 is 0 Å². The van der Waals surface area contributed by atoms with Gasteiger partial charge in [-0.25, -0.2) is 4.39 Å². The van der Waals surface area contributed by atoms with Gasteiger partial charge in [0.15, 0.2) is 11.9 Å². The van der Waals surface area contributed by atoms with Crippen LogP contribution in [0.1, 0.15) is 27.6 Å². The number of Topliss-reactive ketones (excluding diaryl/α,β-unsaturated/α-hetero) is 1. The number of halogens is 1. The minimum Gasteiger partial charge on any atom is -0.488 e. The van der Waals surface area contributed by atoms with Crippen molar-refractivity contribution >= 4 is 5.78 Å². The van der Waals surface area contributed by atoms with Crippen LogP contribution in [-0.2, 0) is 11.3 Å². The third kappa shape index (κ3) is 3.51. The fourth-order valence-electron chi connectivity index (χ4n) is 2.90. The van der Waals surface area contributed by atoms with Crippen molar-refractivity contribution in [3.8, 4) is 5.75 Å². The highest BCUT2D eigenvalue weighted by Crippen LogP contribution is 2.41. The lowest BCUT2D eigenvalue weighted by molar-refractivity contribution is 0.0949. The molecule has 3 aromatic carbocycles. The van der Waals surface area contributed by atoms with Crippen molar-refractivity contribution in [1.82, 2.24) is 0 Å². The van der Waals surface area contributed by atoms with Crippen LogP contribution in [0.15, 0.2) is 78.9 Å². The summed E-state index contributed by atoms with van der Waals surface area (Å²) in [6.45, 7) is 0.387. The van der Waals surface area contributed by atoms with Gasteiger partial charge in [-0.15, -0.1) is 0 Å². The number of benzene rings is 3. The third-order valence-corrected chi connectivity index (χ3v) is 4.34. The van der Waals surface area contributed by atoms with Crippen LogP contribution in [0.4, 0.5) is 4.39 Å². The molecule has 0 amide bonds. The van der Waals surface area contributed by atoms with E-state index < -0.39 is 6.10 Å². The molecule has 0 unspecified atom stereocenters. The first-order valence-electron chi connectivity index (χ1n) is 8.43. The topological polar surface area (TPSA) is 38.8 Å². The van der Waals surface area contributed by atoms with E-state index in [-0.39, 0.29) is 17.7 Å². The molecular formula is C22H17FO3. The second kappa shape index (κ2) is 7.10. The van der Waals surface area contributed by atoms with E-state index in [1.165, 1.54) is 12.1 Å². The minimum atomic E-state index is -0.554. The van der Waals surface area contributed by atoms with Crippen LogP contribution in [0.3, 0.4) is 0 Å². The van der Waals surface area contributed by atoms with E-state index in [4.69, 9.17) is 9.47 Å². The lowest BCUT2D eigenvalue weighted by Gasteiger charge is -2.10. The number of carbonyl (C=O) groups is 1. The number of epoxide rings is 1. The van der Waals surface area contributed by atoms with Gasteiger partial charge in [-0.05, 0) is 35.4 Å². The molecule has 1 aliphatic heterocycles. The summed E-state index contributed by atoms with van der Waals surface area (Å²) < 4.78 is 24.4. The zero-order chi connectivity index (χ0) is 17.9. The predicted molar refractivity (Wildman–Crippen MR) is 95.6 cm³/mol. The van der Waals surface area contributed by atoms with Crippen LogP contribution in [-0.4, -0.2) is 11.9 Å². The first-order chi connectivity index (χ1) is 12.7. The molecule has 130 valence electrons. The van der Waals surface area contributed by atoms with Crippen LogP contribution in [0.2, 0.25) is 0 Å². The monoisotopic (exact) mass is 348 g/mol. The SMILES string of the molecule is O=C(c1ccccc1OCc1ccccc1)[C@H]1O[C@@H]1c1ccc(F)cc1. The van der Waals surface area contributed by atoms with Gasteiger partial charge in [0.1, 0.15) is 24.3 Å². The summed E-state index contributed by atoms with van der Waals surface area (Å²) in [6.07, 6.45) is -0.882. The zero-order valence-corrected chi connectivity index (χ0v) is 14.0. The summed E-state index contributed by atoms with van der Waals surface area (Å²) in [4.78, 5) is 12.8. The highest BCUT2D eigenvalue weighted by atomic mass is 19.1. The maximum absolute atomic E-state index is 13.0. The normalized spacial score (nSPS) is 18.3. The minimum absolute atomic E-state index is 0.122. The molecule has 0 saturated carbocycles. The number of hydrogen-bond acceptors (Lipinski definition) is 3. The Morgan fingerprint density at radius 1 is 0.923 bits per heavy atom. The molecule has 0 N–H and O–H groups in total. The Morgan fingerprint density at radius 2 is 1.62 bits per heavy atom. The number of ketones is 1. The smallest absolute Gasteiger partial charge is 0.198 e. The molecule has 1 fully saturated rings. The fourth-order valence-corrected chi connectivity index (χ4v) is 2.90. The second-order valence-corrected chi connectivity index (χ2v) is 6.16. The lowest BCUT2D eigenvalue weighted by atomic mass is 10.0. The summed E-state index contributed by atoms with van der Waals surface area (Å²) in [7, 11) is 0. The zero-order valence-electron chi connectivity index (χ0n) is 14.0. The number of rotatable bonds is 6. The average Bonchev–Trinajstić information content (AvgIpc) is 3.48. The number of hydrogen-bond donors (Lipinski definition) is 0. The van der Waals surface area contributed by atoms with E-state index in [1.54, 1.807) is 30.3 Å². The van der Waals surface area contributed by atoms with Crippen LogP contribution in [0, 0.1) is 5.82 Å². The molecule has 3 nitrogen and oxygen atoms in total. The molecule has 4 rings (SSSR count). The van der Waals surface area contributed by atoms with E-state index in [9.17, 15) is 9.18 Å². The van der Waals surface area contributed by atoms with Crippen LogP contribution < -0.4 is 4.74 Å². The van der Waals surface area contributed by atoms with Crippen molar-refractivity contribution in [3.05, 3.63) is 101 Å². The Bertz CT molecular complexity index is 906. The molecule has 4 heteroatoms. The molecule has 0 bridgehead atoms. The third-order valence-electron chi connectivity index (χ3n) is 4.34. The quantitative estimate of drug-likeness (QED) is 0.478. The molecule has 0 aromatic heterocycles. The average molecular weight is 348 g/mol.